The minimum absolute atomic E-state index is 0.154. The van der Waals surface area contributed by atoms with Crippen molar-refractivity contribution in [1.29, 1.82) is 0 Å². The van der Waals surface area contributed by atoms with Gasteiger partial charge in [0.05, 0.1) is 10.7 Å². The average molecular weight is 296 g/mol. The zero-order valence-electron chi connectivity index (χ0n) is 12.8. The Kier molecular flexibility index (Phi) is 5.30. The lowest BCUT2D eigenvalue weighted by Crippen LogP contribution is -2.52. The topological polar surface area (TPSA) is 32.5 Å². The van der Waals surface area contributed by atoms with Crippen LogP contribution in [-0.2, 0) is 6.42 Å². The molecule has 2 atom stereocenters. The van der Waals surface area contributed by atoms with Crippen LogP contribution in [-0.4, -0.2) is 43.2 Å². The maximum atomic E-state index is 6.47. The first kappa shape index (κ1) is 15.6. The number of halogens is 1. The van der Waals surface area contributed by atoms with E-state index >= 15 is 0 Å². The summed E-state index contributed by atoms with van der Waals surface area (Å²) in [5, 5.41) is 0.847. The summed E-state index contributed by atoms with van der Waals surface area (Å²) in [5.41, 5.74) is 8.43. The number of benzene rings is 1. The minimum Gasteiger partial charge on any atom is -0.367 e. The summed E-state index contributed by atoms with van der Waals surface area (Å²) >= 11 is 6.47. The van der Waals surface area contributed by atoms with Gasteiger partial charge in [-0.3, -0.25) is 4.90 Å². The zero-order chi connectivity index (χ0) is 14.7. The number of nitrogens with zero attached hydrogens (tertiary/aromatic N) is 2. The lowest BCUT2D eigenvalue weighted by atomic mass is 10.0. The molecule has 0 saturated carbocycles. The van der Waals surface area contributed by atoms with Gasteiger partial charge in [0.2, 0.25) is 0 Å². The average Bonchev–Trinajstić information content (AvgIpc) is 2.38. The first-order valence-corrected chi connectivity index (χ1v) is 7.92. The van der Waals surface area contributed by atoms with Crippen LogP contribution in [0.2, 0.25) is 5.02 Å². The van der Waals surface area contributed by atoms with Gasteiger partial charge in [0.15, 0.2) is 0 Å². The molecule has 112 valence electrons. The monoisotopic (exact) mass is 295 g/mol. The van der Waals surface area contributed by atoms with Crippen LogP contribution in [0, 0.1) is 0 Å². The van der Waals surface area contributed by atoms with E-state index in [1.54, 1.807) is 0 Å². The third-order valence-electron chi connectivity index (χ3n) is 4.10. The molecule has 3 nitrogen and oxygen atoms in total. The first-order chi connectivity index (χ1) is 9.52. The molecular formula is C16H26ClN3. The lowest BCUT2D eigenvalue weighted by molar-refractivity contribution is 0.199. The number of anilines is 1. The second-order valence-corrected chi connectivity index (χ2v) is 6.26. The highest BCUT2D eigenvalue weighted by Crippen LogP contribution is 2.32. The van der Waals surface area contributed by atoms with Gasteiger partial charge in [-0.1, -0.05) is 30.7 Å². The van der Waals surface area contributed by atoms with Crippen molar-refractivity contribution in [2.24, 2.45) is 5.73 Å². The normalized spacial score (nSPS) is 22.1. The van der Waals surface area contributed by atoms with E-state index in [1.165, 1.54) is 11.3 Å². The van der Waals surface area contributed by atoms with Crippen molar-refractivity contribution in [2.45, 2.75) is 39.3 Å². The van der Waals surface area contributed by atoms with Crippen molar-refractivity contribution in [2.75, 3.05) is 31.1 Å². The first-order valence-electron chi connectivity index (χ1n) is 7.54. The smallest absolute Gasteiger partial charge is 0.0642 e. The summed E-state index contributed by atoms with van der Waals surface area (Å²) in [7, 11) is 0. The summed E-state index contributed by atoms with van der Waals surface area (Å²) in [5.74, 6) is 0. The van der Waals surface area contributed by atoms with Gasteiger partial charge in [-0.25, -0.2) is 0 Å². The van der Waals surface area contributed by atoms with Gasteiger partial charge in [-0.2, -0.15) is 0 Å². The Hall–Kier alpha value is -0.770. The zero-order valence-corrected chi connectivity index (χ0v) is 13.5. The molecule has 4 heteroatoms. The predicted octanol–water partition coefficient (Wildman–Crippen LogP) is 2.76. The Morgan fingerprint density at radius 1 is 1.40 bits per heavy atom. The number of para-hydroxylation sites is 1. The van der Waals surface area contributed by atoms with Crippen molar-refractivity contribution < 1.29 is 0 Å². The Balaban J connectivity index is 2.24. The van der Waals surface area contributed by atoms with Crippen molar-refractivity contribution >= 4 is 17.3 Å². The second-order valence-electron chi connectivity index (χ2n) is 5.85. The summed E-state index contributed by atoms with van der Waals surface area (Å²) < 4.78 is 0. The van der Waals surface area contributed by atoms with Crippen LogP contribution < -0.4 is 10.6 Å². The summed E-state index contributed by atoms with van der Waals surface area (Å²) in [6, 6.07) is 6.88. The largest absolute Gasteiger partial charge is 0.367 e. The molecule has 0 aromatic heterocycles. The Labute approximate surface area is 127 Å². The molecule has 0 amide bonds. The number of rotatable bonds is 4. The SMILES string of the molecule is CCN1CCN(c2c(Cl)cccc2CC(C)N)CC1C. The standard InChI is InChI=1S/C16H26ClN3/c1-4-19-8-9-20(11-13(19)3)16-14(10-12(2)18)6-5-7-15(16)17/h5-7,12-13H,4,8-11,18H2,1-3H3. The second kappa shape index (κ2) is 6.79. The molecule has 1 fully saturated rings. The van der Waals surface area contributed by atoms with Crippen LogP contribution >= 0.6 is 11.6 Å². The molecule has 1 aromatic rings. The van der Waals surface area contributed by atoms with E-state index in [2.05, 4.69) is 29.7 Å². The summed E-state index contributed by atoms with van der Waals surface area (Å²) in [6.45, 7) is 10.8. The number of piperazine rings is 1. The number of nitrogens with two attached hydrogens (primary N) is 1. The van der Waals surface area contributed by atoms with Crippen LogP contribution in [0.3, 0.4) is 0 Å². The van der Waals surface area contributed by atoms with Gasteiger partial charge >= 0.3 is 0 Å². The number of hydrogen-bond acceptors (Lipinski definition) is 3. The molecule has 0 radical (unpaired) electrons. The fourth-order valence-corrected chi connectivity index (χ4v) is 3.41. The van der Waals surface area contributed by atoms with Crippen molar-refractivity contribution in [3.05, 3.63) is 28.8 Å². The van der Waals surface area contributed by atoms with Crippen LogP contribution in [0.4, 0.5) is 5.69 Å². The van der Waals surface area contributed by atoms with Crippen LogP contribution in [0.15, 0.2) is 18.2 Å². The fraction of sp³-hybridized carbons (Fsp3) is 0.625. The molecule has 1 saturated heterocycles. The number of likely N-dealkylation sites (N-methyl/N-ethyl adjacent to an activating group) is 1. The molecule has 0 aliphatic carbocycles. The Bertz CT molecular complexity index is 447. The van der Waals surface area contributed by atoms with Gasteiger partial charge in [0.25, 0.3) is 0 Å². The molecule has 1 heterocycles. The molecule has 2 unspecified atom stereocenters. The van der Waals surface area contributed by atoms with E-state index in [-0.39, 0.29) is 6.04 Å². The molecule has 0 spiro atoms. The Morgan fingerprint density at radius 2 is 2.15 bits per heavy atom. The molecule has 1 aliphatic heterocycles. The summed E-state index contributed by atoms with van der Waals surface area (Å²) in [6.07, 6.45) is 0.873. The third kappa shape index (κ3) is 3.46. The fourth-order valence-electron chi connectivity index (χ4n) is 3.09. The Morgan fingerprint density at radius 3 is 2.75 bits per heavy atom. The predicted molar refractivity (Wildman–Crippen MR) is 87.7 cm³/mol. The molecule has 1 aliphatic rings. The van der Waals surface area contributed by atoms with Crippen molar-refractivity contribution in [3.8, 4) is 0 Å². The van der Waals surface area contributed by atoms with E-state index in [1.807, 2.05) is 19.1 Å². The van der Waals surface area contributed by atoms with E-state index < -0.39 is 0 Å². The molecule has 2 N–H and O–H groups in total. The molecular weight excluding hydrogens is 270 g/mol. The van der Waals surface area contributed by atoms with Crippen LogP contribution in [0.1, 0.15) is 26.3 Å². The summed E-state index contributed by atoms with van der Waals surface area (Å²) in [4.78, 5) is 4.94. The minimum atomic E-state index is 0.154. The van der Waals surface area contributed by atoms with Crippen LogP contribution in [0.25, 0.3) is 0 Å². The quantitative estimate of drug-likeness (QED) is 0.927. The van der Waals surface area contributed by atoms with Crippen molar-refractivity contribution in [3.63, 3.8) is 0 Å². The third-order valence-corrected chi connectivity index (χ3v) is 4.40. The van der Waals surface area contributed by atoms with E-state index in [9.17, 15) is 0 Å². The van der Waals surface area contributed by atoms with Gasteiger partial charge in [0.1, 0.15) is 0 Å². The maximum Gasteiger partial charge on any atom is 0.0642 e. The molecule has 1 aromatic carbocycles. The highest BCUT2D eigenvalue weighted by molar-refractivity contribution is 6.33. The van der Waals surface area contributed by atoms with E-state index in [0.717, 1.165) is 37.6 Å². The number of hydrogen-bond donors (Lipinski definition) is 1. The highest BCUT2D eigenvalue weighted by Gasteiger charge is 2.25. The van der Waals surface area contributed by atoms with Gasteiger partial charge in [-0.05, 0) is 38.4 Å². The molecule has 20 heavy (non-hydrogen) atoms. The van der Waals surface area contributed by atoms with Crippen LogP contribution in [0.5, 0.6) is 0 Å². The van der Waals surface area contributed by atoms with E-state index in [0.29, 0.717) is 6.04 Å². The lowest BCUT2D eigenvalue weighted by Gasteiger charge is -2.41. The van der Waals surface area contributed by atoms with Crippen molar-refractivity contribution in [1.82, 2.24) is 4.90 Å². The van der Waals surface area contributed by atoms with Gasteiger partial charge < -0.3 is 10.6 Å². The van der Waals surface area contributed by atoms with Gasteiger partial charge in [-0.15, -0.1) is 0 Å². The maximum absolute atomic E-state index is 6.47. The molecule has 0 bridgehead atoms. The van der Waals surface area contributed by atoms with Gasteiger partial charge in [0, 0.05) is 31.7 Å². The molecule has 2 rings (SSSR count). The van der Waals surface area contributed by atoms with E-state index in [4.69, 9.17) is 17.3 Å². The highest BCUT2D eigenvalue weighted by atomic mass is 35.5.